The smallest absolute Gasteiger partial charge is 0.251 e. The highest BCUT2D eigenvalue weighted by molar-refractivity contribution is 7.89. The first-order valence-corrected chi connectivity index (χ1v) is 11.3. The Kier molecular flexibility index (Phi) is 7.09. The van der Waals surface area contributed by atoms with Gasteiger partial charge in [-0.25, -0.2) is 8.42 Å². The maximum Gasteiger partial charge on any atom is 0.251 e. The second-order valence-electron chi connectivity index (χ2n) is 7.21. The first kappa shape index (κ1) is 22.5. The molecule has 0 aliphatic rings. The number of benzene rings is 3. The van der Waals surface area contributed by atoms with E-state index in [1.165, 1.54) is 18.5 Å². The van der Waals surface area contributed by atoms with Gasteiger partial charge in [0, 0.05) is 24.7 Å². The number of sulfonamides is 1. The molecule has 0 saturated carbocycles. The average Bonchev–Trinajstić information content (AvgIpc) is 2.80. The number of nitrogens with zero attached hydrogens (tertiary/aromatic N) is 1. The number of nitrogens with one attached hydrogen (secondary N) is 1. The van der Waals surface area contributed by atoms with E-state index in [0.717, 1.165) is 5.56 Å². The lowest BCUT2D eigenvalue weighted by atomic mass is 10.1. The summed E-state index contributed by atoms with van der Waals surface area (Å²) >= 11 is 0. The Morgan fingerprint density at radius 3 is 2.23 bits per heavy atom. The molecule has 7 heteroatoms. The molecular weight excluding hydrogens is 412 g/mol. The number of carbonyl (C=O) groups is 1. The van der Waals surface area contributed by atoms with Crippen LogP contribution in [0.1, 0.15) is 34.5 Å². The summed E-state index contributed by atoms with van der Waals surface area (Å²) in [5.41, 5.74) is 2.03. The molecule has 1 atom stereocenters. The van der Waals surface area contributed by atoms with Crippen LogP contribution in [0.3, 0.4) is 0 Å². The number of rotatable bonds is 8. The highest BCUT2D eigenvalue weighted by Crippen LogP contribution is 2.24. The number of ether oxygens (including phenoxy) is 1. The summed E-state index contributed by atoms with van der Waals surface area (Å²) in [6.45, 7) is 1.98. The molecule has 1 N–H and O–H groups in total. The van der Waals surface area contributed by atoms with Crippen LogP contribution in [0.25, 0.3) is 0 Å². The zero-order chi connectivity index (χ0) is 22.4. The van der Waals surface area contributed by atoms with E-state index in [1.54, 1.807) is 48.5 Å². The molecule has 0 fully saturated rings. The Bertz CT molecular complexity index is 1130. The van der Waals surface area contributed by atoms with Crippen LogP contribution in [0.15, 0.2) is 83.8 Å². The van der Waals surface area contributed by atoms with Crippen molar-refractivity contribution in [2.45, 2.75) is 24.4 Å². The van der Waals surface area contributed by atoms with Crippen LogP contribution in [-0.4, -0.2) is 32.8 Å². The number of hydrogen-bond acceptors (Lipinski definition) is 4. The number of hydrogen-bond donors (Lipinski definition) is 1. The molecule has 0 saturated heterocycles. The second kappa shape index (κ2) is 9.76. The van der Waals surface area contributed by atoms with Gasteiger partial charge in [-0.15, -0.1) is 0 Å². The molecule has 3 aromatic carbocycles. The summed E-state index contributed by atoms with van der Waals surface area (Å²) in [7, 11) is -0.651. The predicted molar refractivity (Wildman–Crippen MR) is 120 cm³/mol. The molecule has 0 radical (unpaired) electrons. The highest BCUT2D eigenvalue weighted by atomic mass is 32.2. The first-order chi connectivity index (χ1) is 14.8. The van der Waals surface area contributed by atoms with E-state index in [4.69, 9.17) is 4.74 Å². The van der Waals surface area contributed by atoms with E-state index in [1.807, 2.05) is 37.3 Å². The lowest BCUT2D eigenvalue weighted by Crippen LogP contribution is -2.28. The summed E-state index contributed by atoms with van der Waals surface area (Å²) in [5, 5.41) is 2.97. The topological polar surface area (TPSA) is 75.7 Å². The molecule has 3 aromatic rings. The molecule has 162 valence electrons. The molecule has 0 bridgehead atoms. The molecule has 0 aliphatic heterocycles. The van der Waals surface area contributed by atoms with Crippen LogP contribution in [-0.2, 0) is 16.6 Å². The fraction of sp³-hybridized carbons (Fsp3) is 0.208. The summed E-state index contributed by atoms with van der Waals surface area (Å²) < 4.78 is 32.4. The maximum absolute atomic E-state index is 12.9. The molecule has 3 rings (SSSR count). The average molecular weight is 439 g/mol. The van der Waals surface area contributed by atoms with Crippen molar-refractivity contribution >= 4 is 15.9 Å². The number of carbonyl (C=O) groups excluding carboxylic acids is 1. The van der Waals surface area contributed by atoms with Crippen molar-refractivity contribution in [3.63, 3.8) is 0 Å². The minimum Gasteiger partial charge on any atom is -0.496 e. The van der Waals surface area contributed by atoms with Crippen LogP contribution < -0.4 is 10.1 Å². The lowest BCUT2D eigenvalue weighted by molar-refractivity contribution is 0.0939. The van der Waals surface area contributed by atoms with Crippen LogP contribution in [0.4, 0.5) is 0 Å². The minimum absolute atomic E-state index is 0.0652. The van der Waals surface area contributed by atoms with Crippen molar-refractivity contribution in [1.82, 2.24) is 9.62 Å². The van der Waals surface area contributed by atoms with Gasteiger partial charge >= 0.3 is 0 Å². The monoisotopic (exact) mass is 438 g/mol. The van der Waals surface area contributed by atoms with Crippen molar-refractivity contribution < 1.29 is 17.9 Å². The number of methoxy groups -OCH3 is 1. The van der Waals surface area contributed by atoms with Gasteiger partial charge < -0.3 is 10.1 Å². The van der Waals surface area contributed by atoms with Gasteiger partial charge in [0.05, 0.1) is 18.0 Å². The number of amides is 1. The summed E-state index contributed by atoms with van der Waals surface area (Å²) in [5.74, 6) is 0.275. The molecule has 0 aliphatic carbocycles. The van der Waals surface area contributed by atoms with Crippen molar-refractivity contribution in [3.05, 3.63) is 95.6 Å². The highest BCUT2D eigenvalue weighted by Gasteiger charge is 2.22. The largest absolute Gasteiger partial charge is 0.496 e. The van der Waals surface area contributed by atoms with Gasteiger partial charge in [-0.05, 0) is 42.8 Å². The normalized spacial score (nSPS) is 12.4. The molecule has 0 spiro atoms. The van der Waals surface area contributed by atoms with Crippen molar-refractivity contribution in [2.75, 3.05) is 14.2 Å². The minimum atomic E-state index is -3.67. The van der Waals surface area contributed by atoms with E-state index < -0.39 is 10.0 Å². The Morgan fingerprint density at radius 1 is 1.00 bits per heavy atom. The van der Waals surface area contributed by atoms with Crippen molar-refractivity contribution in [1.29, 1.82) is 0 Å². The third-order valence-electron chi connectivity index (χ3n) is 5.03. The molecule has 1 amide bonds. The lowest BCUT2D eigenvalue weighted by Gasteiger charge is -2.20. The van der Waals surface area contributed by atoms with E-state index in [-0.39, 0.29) is 23.4 Å². The fourth-order valence-electron chi connectivity index (χ4n) is 3.25. The Hall–Kier alpha value is -3.16. The van der Waals surface area contributed by atoms with Gasteiger partial charge in [-0.3, -0.25) is 4.79 Å². The van der Waals surface area contributed by atoms with Gasteiger partial charge in [0.15, 0.2) is 0 Å². The van der Waals surface area contributed by atoms with Gasteiger partial charge in [-0.1, -0.05) is 48.5 Å². The standard InChI is InChI=1S/C24H26N2O4S/c1-18(19-10-6-4-7-11-19)25-24(27)20-14-15-23(30-3)21(16-20)17-26(2)31(28,29)22-12-8-5-9-13-22/h4-16,18H,17H2,1-3H3,(H,25,27). The molecule has 1 unspecified atom stereocenters. The van der Waals surface area contributed by atoms with Gasteiger partial charge in [-0.2, -0.15) is 4.31 Å². The van der Waals surface area contributed by atoms with Crippen LogP contribution >= 0.6 is 0 Å². The van der Waals surface area contributed by atoms with Crippen molar-refractivity contribution in [3.8, 4) is 5.75 Å². The fourth-order valence-corrected chi connectivity index (χ4v) is 4.42. The molecule has 6 nitrogen and oxygen atoms in total. The Labute approximate surface area is 183 Å². The zero-order valence-corrected chi connectivity index (χ0v) is 18.6. The molecule has 31 heavy (non-hydrogen) atoms. The third kappa shape index (κ3) is 5.31. The van der Waals surface area contributed by atoms with Gasteiger partial charge in [0.2, 0.25) is 10.0 Å². The van der Waals surface area contributed by atoms with E-state index in [9.17, 15) is 13.2 Å². The van der Waals surface area contributed by atoms with Gasteiger partial charge in [0.1, 0.15) is 5.75 Å². The zero-order valence-electron chi connectivity index (χ0n) is 17.8. The molecular formula is C24H26N2O4S. The van der Waals surface area contributed by atoms with E-state index in [0.29, 0.717) is 16.9 Å². The van der Waals surface area contributed by atoms with E-state index >= 15 is 0 Å². The summed E-state index contributed by atoms with van der Waals surface area (Å²) in [4.78, 5) is 13.0. The SMILES string of the molecule is COc1ccc(C(=O)NC(C)c2ccccc2)cc1CN(C)S(=O)(=O)c1ccccc1. The van der Waals surface area contributed by atoms with Gasteiger partial charge in [0.25, 0.3) is 5.91 Å². The quantitative estimate of drug-likeness (QED) is 0.577. The Balaban J connectivity index is 1.81. The summed E-state index contributed by atoms with van der Waals surface area (Å²) in [6.07, 6.45) is 0. The molecule has 0 aromatic heterocycles. The predicted octanol–water partition coefficient (Wildman–Crippen LogP) is 4.01. The molecule has 0 heterocycles. The van der Waals surface area contributed by atoms with Crippen LogP contribution in [0, 0.1) is 0 Å². The van der Waals surface area contributed by atoms with Crippen LogP contribution in [0.2, 0.25) is 0 Å². The van der Waals surface area contributed by atoms with Crippen molar-refractivity contribution in [2.24, 2.45) is 0 Å². The maximum atomic E-state index is 12.9. The summed E-state index contributed by atoms with van der Waals surface area (Å²) in [6, 6.07) is 22.8. The van der Waals surface area contributed by atoms with E-state index in [2.05, 4.69) is 5.32 Å². The first-order valence-electron chi connectivity index (χ1n) is 9.87. The second-order valence-corrected chi connectivity index (χ2v) is 9.25. The van der Waals surface area contributed by atoms with Crippen LogP contribution in [0.5, 0.6) is 5.75 Å². The Morgan fingerprint density at radius 2 is 1.61 bits per heavy atom. The third-order valence-corrected chi connectivity index (χ3v) is 6.85.